The highest BCUT2D eigenvalue weighted by atomic mass is 16.6. The van der Waals surface area contributed by atoms with E-state index in [1.807, 2.05) is 44.2 Å². The largest absolute Gasteiger partial charge is 0.480 e. The number of carbonyl (C=O) groups excluding carboxylic acids is 1. The van der Waals surface area contributed by atoms with Gasteiger partial charge in [-0.3, -0.25) is 9.59 Å². The minimum absolute atomic E-state index is 0.371. The van der Waals surface area contributed by atoms with Crippen molar-refractivity contribution in [2.45, 2.75) is 51.6 Å². The number of hydrogen-bond donors (Lipinski definition) is 1. The van der Waals surface area contributed by atoms with Crippen molar-refractivity contribution in [1.82, 2.24) is 0 Å². The molecule has 0 saturated heterocycles. The lowest BCUT2D eigenvalue weighted by Gasteiger charge is -2.33. The maximum absolute atomic E-state index is 12.6. The van der Waals surface area contributed by atoms with Crippen molar-refractivity contribution in [3.05, 3.63) is 35.9 Å². The molecule has 1 aliphatic carbocycles. The third-order valence-corrected chi connectivity index (χ3v) is 4.63. The number of carboxylic acids is 1. The molecule has 1 fully saturated rings. The standard InChI is InChI=1S/C17H22O4/c1-3-16(2,13-9-5-4-6-10-13)21-15(20)17(14(18)19)11-7-8-12-17/h4-6,9-10H,3,7-8,11-12H2,1-2H3,(H,18,19). The molecule has 0 spiro atoms. The second kappa shape index (κ2) is 5.88. The molecule has 1 unspecified atom stereocenters. The molecule has 1 atom stereocenters. The molecule has 1 aromatic carbocycles. The van der Waals surface area contributed by atoms with Crippen LogP contribution in [0.5, 0.6) is 0 Å². The van der Waals surface area contributed by atoms with Crippen LogP contribution in [0.3, 0.4) is 0 Å². The highest BCUT2D eigenvalue weighted by molar-refractivity contribution is 5.99. The second-order valence-corrected chi connectivity index (χ2v) is 5.93. The van der Waals surface area contributed by atoms with E-state index in [0.717, 1.165) is 18.4 Å². The molecule has 21 heavy (non-hydrogen) atoms. The molecule has 4 heteroatoms. The molecule has 4 nitrogen and oxygen atoms in total. The number of esters is 1. The Labute approximate surface area is 125 Å². The number of rotatable bonds is 5. The van der Waals surface area contributed by atoms with E-state index in [9.17, 15) is 14.7 Å². The summed E-state index contributed by atoms with van der Waals surface area (Å²) in [5, 5.41) is 9.47. The van der Waals surface area contributed by atoms with Crippen molar-refractivity contribution in [2.75, 3.05) is 0 Å². The van der Waals surface area contributed by atoms with Gasteiger partial charge in [0.15, 0.2) is 5.41 Å². The Balaban J connectivity index is 2.26. The van der Waals surface area contributed by atoms with Crippen LogP contribution in [0, 0.1) is 5.41 Å². The molecule has 0 aromatic heterocycles. The third-order valence-electron chi connectivity index (χ3n) is 4.63. The average Bonchev–Trinajstić information content (AvgIpc) is 2.99. The fourth-order valence-electron chi connectivity index (χ4n) is 2.91. The summed E-state index contributed by atoms with van der Waals surface area (Å²) in [4.78, 5) is 24.1. The molecule has 114 valence electrons. The van der Waals surface area contributed by atoms with E-state index in [1.54, 1.807) is 0 Å². The molecule has 1 saturated carbocycles. The fraction of sp³-hybridized carbons (Fsp3) is 0.529. The summed E-state index contributed by atoms with van der Waals surface area (Å²) in [6, 6.07) is 9.48. The first kappa shape index (κ1) is 15.5. The van der Waals surface area contributed by atoms with E-state index in [1.165, 1.54) is 0 Å². The smallest absolute Gasteiger partial charge is 0.324 e. The molecular weight excluding hydrogens is 268 g/mol. The first-order valence-electron chi connectivity index (χ1n) is 7.47. The third kappa shape index (κ3) is 2.80. The zero-order chi connectivity index (χ0) is 15.5. The molecule has 0 aliphatic heterocycles. The van der Waals surface area contributed by atoms with E-state index in [0.29, 0.717) is 19.3 Å². The van der Waals surface area contributed by atoms with Crippen molar-refractivity contribution >= 4 is 11.9 Å². The van der Waals surface area contributed by atoms with Crippen LogP contribution >= 0.6 is 0 Å². The van der Waals surface area contributed by atoms with Crippen LogP contribution in [0.15, 0.2) is 30.3 Å². The summed E-state index contributed by atoms with van der Waals surface area (Å²) in [6.45, 7) is 3.77. The summed E-state index contributed by atoms with van der Waals surface area (Å²) in [5.74, 6) is -1.66. The zero-order valence-corrected chi connectivity index (χ0v) is 12.6. The van der Waals surface area contributed by atoms with Gasteiger partial charge in [-0.15, -0.1) is 0 Å². The summed E-state index contributed by atoms with van der Waals surface area (Å²) in [6.07, 6.45) is 2.86. The Morgan fingerprint density at radius 3 is 2.29 bits per heavy atom. The van der Waals surface area contributed by atoms with E-state index >= 15 is 0 Å². The molecule has 1 aromatic rings. The summed E-state index contributed by atoms with van der Waals surface area (Å²) in [7, 11) is 0. The average molecular weight is 290 g/mol. The van der Waals surface area contributed by atoms with Crippen molar-refractivity contribution in [2.24, 2.45) is 5.41 Å². The predicted octanol–water partition coefficient (Wildman–Crippen LogP) is 3.50. The number of benzene rings is 1. The number of ether oxygens (including phenoxy) is 1. The number of carbonyl (C=O) groups is 2. The first-order valence-corrected chi connectivity index (χ1v) is 7.47. The topological polar surface area (TPSA) is 63.6 Å². The van der Waals surface area contributed by atoms with Gasteiger partial charge in [0.05, 0.1) is 0 Å². The number of hydrogen-bond acceptors (Lipinski definition) is 3. The van der Waals surface area contributed by atoms with Gasteiger partial charge in [-0.25, -0.2) is 0 Å². The molecule has 2 rings (SSSR count). The summed E-state index contributed by atoms with van der Waals surface area (Å²) in [5.41, 5.74) is -1.26. The Hall–Kier alpha value is -1.84. The lowest BCUT2D eigenvalue weighted by Crippen LogP contribution is -2.42. The van der Waals surface area contributed by atoms with E-state index in [-0.39, 0.29) is 0 Å². The summed E-state index contributed by atoms with van der Waals surface area (Å²) < 4.78 is 5.70. The minimum Gasteiger partial charge on any atom is -0.480 e. The monoisotopic (exact) mass is 290 g/mol. The zero-order valence-electron chi connectivity index (χ0n) is 12.6. The molecular formula is C17H22O4. The maximum Gasteiger partial charge on any atom is 0.324 e. The Kier molecular flexibility index (Phi) is 4.35. The SMILES string of the molecule is CCC(C)(OC(=O)C1(C(=O)O)CCCC1)c1ccccc1. The van der Waals surface area contributed by atoms with Gasteiger partial charge in [0, 0.05) is 0 Å². The van der Waals surface area contributed by atoms with Crippen LogP contribution < -0.4 is 0 Å². The van der Waals surface area contributed by atoms with E-state index < -0.39 is 23.0 Å². The van der Waals surface area contributed by atoms with Crippen LogP contribution in [-0.2, 0) is 19.9 Å². The predicted molar refractivity (Wildman–Crippen MR) is 78.7 cm³/mol. The molecule has 0 amide bonds. The molecule has 1 aliphatic rings. The number of carboxylic acid groups (broad SMARTS) is 1. The number of aliphatic carboxylic acids is 1. The van der Waals surface area contributed by atoms with Gasteiger partial charge in [-0.2, -0.15) is 0 Å². The van der Waals surface area contributed by atoms with Crippen molar-refractivity contribution < 1.29 is 19.4 Å². The summed E-state index contributed by atoms with van der Waals surface area (Å²) >= 11 is 0. The van der Waals surface area contributed by atoms with E-state index in [4.69, 9.17) is 4.74 Å². The molecule has 0 radical (unpaired) electrons. The lowest BCUT2D eigenvalue weighted by atomic mass is 9.85. The highest BCUT2D eigenvalue weighted by Crippen LogP contribution is 2.42. The van der Waals surface area contributed by atoms with Crippen molar-refractivity contribution in [3.8, 4) is 0 Å². The molecule has 1 N–H and O–H groups in total. The second-order valence-electron chi connectivity index (χ2n) is 5.93. The van der Waals surface area contributed by atoms with Gasteiger partial charge in [0.25, 0.3) is 0 Å². The maximum atomic E-state index is 12.6. The van der Waals surface area contributed by atoms with E-state index in [2.05, 4.69) is 0 Å². The van der Waals surface area contributed by atoms with Gasteiger partial charge in [-0.05, 0) is 31.7 Å². The van der Waals surface area contributed by atoms with Crippen LogP contribution in [0.2, 0.25) is 0 Å². The highest BCUT2D eigenvalue weighted by Gasteiger charge is 2.51. The van der Waals surface area contributed by atoms with Gasteiger partial charge >= 0.3 is 11.9 Å². The van der Waals surface area contributed by atoms with Crippen LogP contribution in [-0.4, -0.2) is 17.0 Å². The molecule has 0 bridgehead atoms. The van der Waals surface area contributed by atoms with Crippen LogP contribution in [0.1, 0.15) is 51.5 Å². The van der Waals surface area contributed by atoms with Gasteiger partial charge in [0.2, 0.25) is 0 Å². The van der Waals surface area contributed by atoms with Crippen LogP contribution in [0.25, 0.3) is 0 Å². The van der Waals surface area contributed by atoms with Crippen molar-refractivity contribution in [1.29, 1.82) is 0 Å². The normalized spacial score (nSPS) is 19.7. The molecule has 0 heterocycles. The quantitative estimate of drug-likeness (QED) is 0.666. The first-order chi connectivity index (χ1) is 9.94. The fourth-order valence-corrected chi connectivity index (χ4v) is 2.91. The van der Waals surface area contributed by atoms with Crippen LogP contribution in [0.4, 0.5) is 0 Å². The van der Waals surface area contributed by atoms with Gasteiger partial charge in [-0.1, -0.05) is 50.1 Å². The lowest BCUT2D eigenvalue weighted by molar-refractivity contribution is -0.180. The Bertz CT molecular complexity index is 517. The van der Waals surface area contributed by atoms with Gasteiger partial charge in [0.1, 0.15) is 5.60 Å². The van der Waals surface area contributed by atoms with Crippen molar-refractivity contribution in [3.63, 3.8) is 0 Å². The Morgan fingerprint density at radius 2 is 1.81 bits per heavy atom. The Morgan fingerprint density at radius 1 is 1.24 bits per heavy atom. The van der Waals surface area contributed by atoms with Gasteiger partial charge < -0.3 is 9.84 Å². The minimum atomic E-state index is -1.36.